The Morgan fingerprint density at radius 1 is 1.00 bits per heavy atom. The largest absolute Gasteiger partial charge is 0.468 e. The predicted octanol–water partition coefficient (Wildman–Crippen LogP) is 0.891. The van der Waals surface area contributed by atoms with Crippen molar-refractivity contribution < 1.29 is 24.2 Å². The number of carbonyl (C=O) groups is 2. The van der Waals surface area contributed by atoms with Crippen molar-refractivity contribution in [2.24, 2.45) is 5.92 Å². The molecule has 94 valence electrons. The fourth-order valence-corrected chi connectivity index (χ4v) is 1.43. The summed E-state index contributed by atoms with van der Waals surface area (Å²) in [4.78, 5) is 22.5. The normalized spacial score (nSPS) is 10.2. The van der Waals surface area contributed by atoms with E-state index in [1.807, 2.05) is 0 Å². The van der Waals surface area contributed by atoms with Gasteiger partial charge in [0.25, 0.3) is 0 Å². The second kappa shape index (κ2) is 9.15. The third kappa shape index (κ3) is 5.70. The Labute approximate surface area is 95.7 Å². The highest BCUT2D eigenvalue weighted by Gasteiger charge is 2.27. The summed E-state index contributed by atoms with van der Waals surface area (Å²) in [6.45, 7) is 0.178. The molecule has 0 rings (SSSR count). The zero-order valence-corrected chi connectivity index (χ0v) is 9.90. The van der Waals surface area contributed by atoms with Crippen LogP contribution in [0.5, 0.6) is 0 Å². The highest BCUT2D eigenvalue weighted by molar-refractivity contribution is 5.94. The van der Waals surface area contributed by atoms with E-state index in [1.165, 1.54) is 14.2 Å². The molecule has 0 fully saturated rings. The average molecular weight is 232 g/mol. The minimum Gasteiger partial charge on any atom is -0.468 e. The Kier molecular flexibility index (Phi) is 8.52. The molecule has 5 nitrogen and oxygen atoms in total. The van der Waals surface area contributed by atoms with Crippen LogP contribution in [0.25, 0.3) is 0 Å². The number of methoxy groups -OCH3 is 2. The fraction of sp³-hybridized carbons (Fsp3) is 0.818. The summed E-state index contributed by atoms with van der Waals surface area (Å²) in [5.74, 6) is -1.91. The quantitative estimate of drug-likeness (QED) is 0.382. The van der Waals surface area contributed by atoms with E-state index in [1.54, 1.807) is 0 Å². The Balaban J connectivity index is 3.93. The summed E-state index contributed by atoms with van der Waals surface area (Å²) < 4.78 is 9.07. The highest BCUT2D eigenvalue weighted by Crippen LogP contribution is 2.14. The van der Waals surface area contributed by atoms with Crippen molar-refractivity contribution in [2.45, 2.75) is 32.1 Å². The van der Waals surface area contributed by atoms with Crippen LogP contribution in [0.15, 0.2) is 0 Å². The summed E-state index contributed by atoms with van der Waals surface area (Å²) in [5, 5.41) is 8.58. The number of ether oxygens (including phenoxy) is 2. The van der Waals surface area contributed by atoms with E-state index in [9.17, 15) is 9.59 Å². The van der Waals surface area contributed by atoms with Gasteiger partial charge in [-0.3, -0.25) is 9.59 Å². The van der Waals surface area contributed by atoms with Crippen LogP contribution in [0.1, 0.15) is 32.1 Å². The smallest absolute Gasteiger partial charge is 0.320 e. The molecule has 0 radical (unpaired) electrons. The van der Waals surface area contributed by atoms with Gasteiger partial charge >= 0.3 is 11.9 Å². The van der Waals surface area contributed by atoms with Gasteiger partial charge in [-0.2, -0.15) is 0 Å². The van der Waals surface area contributed by atoms with E-state index < -0.39 is 17.9 Å². The number of unbranched alkanes of at least 4 members (excludes halogenated alkanes) is 3. The lowest BCUT2D eigenvalue weighted by Crippen LogP contribution is -2.26. The molecule has 0 aromatic heterocycles. The molecule has 0 aliphatic heterocycles. The van der Waals surface area contributed by atoms with Gasteiger partial charge in [-0.1, -0.05) is 19.3 Å². The minimum atomic E-state index is -0.816. The van der Waals surface area contributed by atoms with E-state index in [0.29, 0.717) is 6.42 Å². The van der Waals surface area contributed by atoms with Crippen molar-refractivity contribution in [3.05, 3.63) is 0 Å². The molecule has 16 heavy (non-hydrogen) atoms. The van der Waals surface area contributed by atoms with Crippen molar-refractivity contribution in [1.29, 1.82) is 0 Å². The van der Waals surface area contributed by atoms with Crippen LogP contribution in [0.3, 0.4) is 0 Å². The van der Waals surface area contributed by atoms with Crippen molar-refractivity contribution in [1.82, 2.24) is 0 Å². The minimum absolute atomic E-state index is 0.178. The molecule has 0 saturated heterocycles. The molecule has 0 unspecified atom stereocenters. The first-order valence-electron chi connectivity index (χ1n) is 5.43. The van der Waals surface area contributed by atoms with E-state index in [-0.39, 0.29) is 6.61 Å². The van der Waals surface area contributed by atoms with Gasteiger partial charge in [-0.05, 0) is 12.8 Å². The Hall–Kier alpha value is -1.10. The zero-order valence-electron chi connectivity index (χ0n) is 9.90. The summed E-state index contributed by atoms with van der Waals surface area (Å²) >= 11 is 0. The molecule has 0 spiro atoms. The SMILES string of the molecule is COC(=O)C(CCCCCCO)C(=O)OC. The van der Waals surface area contributed by atoms with E-state index in [4.69, 9.17) is 5.11 Å². The molecule has 0 aromatic carbocycles. The van der Waals surface area contributed by atoms with E-state index in [2.05, 4.69) is 9.47 Å². The van der Waals surface area contributed by atoms with Crippen LogP contribution in [-0.2, 0) is 19.1 Å². The van der Waals surface area contributed by atoms with Crippen LogP contribution in [0.4, 0.5) is 0 Å². The molecular formula is C11H20O5. The number of carbonyl (C=O) groups excluding carboxylic acids is 2. The zero-order chi connectivity index (χ0) is 12.4. The van der Waals surface area contributed by atoms with E-state index >= 15 is 0 Å². The number of aliphatic hydroxyl groups excluding tert-OH is 1. The first-order valence-corrected chi connectivity index (χ1v) is 5.43. The molecule has 0 saturated carbocycles. The third-order valence-corrected chi connectivity index (χ3v) is 2.37. The molecule has 0 bridgehead atoms. The number of hydrogen-bond acceptors (Lipinski definition) is 5. The Morgan fingerprint density at radius 2 is 1.50 bits per heavy atom. The standard InChI is InChI=1S/C11H20O5/c1-15-10(13)9(11(14)16-2)7-5-3-4-6-8-12/h9,12H,3-8H2,1-2H3. The second-order valence-corrected chi connectivity index (χ2v) is 3.53. The van der Waals surface area contributed by atoms with Crippen LogP contribution in [0.2, 0.25) is 0 Å². The lowest BCUT2D eigenvalue weighted by Gasteiger charge is -2.11. The van der Waals surface area contributed by atoms with Gasteiger partial charge in [-0.15, -0.1) is 0 Å². The topological polar surface area (TPSA) is 72.8 Å². The maximum atomic E-state index is 11.3. The molecular weight excluding hydrogens is 212 g/mol. The Morgan fingerprint density at radius 3 is 1.94 bits per heavy atom. The maximum Gasteiger partial charge on any atom is 0.320 e. The van der Waals surface area contributed by atoms with Crippen LogP contribution in [0, 0.1) is 5.92 Å². The van der Waals surface area contributed by atoms with Gasteiger partial charge in [-0.25, -0.2) is 0 Å². The number of rotatable bonds is 8. The number of hydrogen-bond donors (Lipinski definition) is 1. The lowest BCUT2D eigenvalue weighted by molar-refractivity contribution is -0.159. The number of esters is 2. The molecule has 5 heteroatoms. The molecule has 1 N–H and O–H groups in total. The average Bonchev–Trinajstić information content (AvgIpc) is 2.32. The monoisotopic (exact) mass is 232 g/mol. The second-order valence-electron chi connectivity index (χ2n) is 3.53. The van der Waals surface area contributed by atoms with E-state index in [0.717, 1.165) is 25.7 Å². The van der Waals surface area contributed by atoms with Gasteiger partial charge in [0.1, 0.15) is 0 Å². The predicted molar refractivity (Wildman–Crippen MR) is 57.7 cm³/mol. The molecule has 0 aliphatic rings. The van der Waals surface area contributed by atoms with Gasteiger partial charge < -0.3 is 14.6 Å². The third-order valence-electron chi connectivity index (χ3n) is 2.37. The van der Waals surface area contributed by atoms with Gasteiger partial charge in [0.05, 0.1) is 14.2 Å². The Bertz CT molecular complexity index is 198. The van der Waals surface area contributed by atoms with Crippen molar-refractivity contribution >= 4 is 11.9 Å². The van der Waals surface area contributed by atoms with Crippen molar-refractivity contribution in [2.75, 3.05) is 20.8 Å². The highest BCUT2D eigenvalue weighted by atomic mass is 16.5. The van der Waals surface area contributed by atoms with Crippen molar-refractivity contribution in [3.8, 4) is 0 Å². The first-order chi connectivity index (χ1) is 7.67. The molecule has 0 heterocycles. The van der Waals surface area contributed by atoms with Gasteiger partial charge in [0.15, 0.2) is 5.92 Å². The van der Waals surface area contributed by atoms with Gasteiger partial charge in [0.2, 0.25) is 0 Å². The molecule has 0 aliphatic carbocycles. The van der Waals surface area contributed by atoms with Crippen LogP contribution in [-0.4, -0.2) is 37.9 Å². The van der Waals surface area contributed by atoms with Crippen LogP contribution >= 0.6 is 0 Å². The first kappa shape index (κ1) is 14.9. The van der Waals surface area contributed by atoms with Gasteiger partial charge in [0, 0.05) is 6.61 Å². The summed E-state index contributed by atoms with van der Waals surface area (Å²) in [6.07, 6.45) is 3.71. The molecule has 0 atom stereocenters. The fourth-order valence-electron chi connectivity index (χ4n) is 1.43. The van der Waals surface area contributed by atoms with Crippen molar-refractivity contribution in [3.63, 3.8) is 0 Å². The molecule has 0 aromatic rings. The lowest BCUT2D eigenvalue weighted by atomic mass is 10.0. The summed E-state index contributed by atoms with van der Waals surface area (Å²) in [6, 6.07) is 0. The summed E-state index contributed by atoms with van der Waals surface area (Å²) in [5.41, 5.74) is 0. The maximum absolute atomic E-state index is 11.3. The van der Waals surface area contributed by atoms with Crippen LogP contribution < -0.4 is 0 Å². The summed E-state index contributed by atoms with van der Waals surface area (Å²) in [7, 11) is 2.51. The number of aliphatic hydroxyl groups is 1. The molecule has 0 amide bonds.